The highest BCUT2D eigenvalue weighted by molar-refractivity contribution is 5.79. The second kappa shape index (κ2) is 6.59. The lowest BCUT2D eigenvalue weighted by atomic mass is 10.0. The smallest absolute Gasteiger partial charge is 0.320 e. The number of hydrogen-bond acceptors (Lipinski definition) is 3. The molecule has 0 aliphatic heterocycles. The Labute approximate surface area is 102 Å². The van der Waals surface area contributed by atoms with Gasteiger partial charge < -0.3 is 10.4 Å². The number of carbonyl (C=O) groups is 2. The minimum absolute atomic E-state index is 0.0798. The molecule has 0 aromatic rings. The molecule has 5 nitrogen and oxygen atoms in total. The molecule has 3 N–H and O–H groups in total. The summed E-state index contributed by atoms with van der Waals surface area (Å²) in [5.41, 5.74) is 0. The zero-order valence-electron chi connectivity index (χ0n) is 10.5. The number of carboxylic acids is 1. The SMILES string of the molecule is CC(C)CC(NCC(=O)NCC1CC1)C(=O)O. The van der Waals surface area contributed by atoms with Crippen LogP contribution in [0.3, 0.4) is 0 Å². The molecule has 0 radical (unpaired) electrons. The van der Waals surface area contributed by atoms with Crippen molar-refractivity contribution in [1.82, 2.24) is 10.6 Å². The summed E-state index contributed by atoms with van der Waals surface area (Å²) in [6, 6.07) is -0.637. The Morgan fingerprint density at radius 2 is 2.00 bits per heavy atom. The molecule has 0 spiro atoms. The van der Waals surface area contributed by atoms with Crippen LogP contribution in [0.5, 0.6) is 0 Å². The lowest BCUT2D eigenvalue weighted by Crippen LogP contribution is -2.44. The molecule has 17 heavy (non-hydrogen) atoms. The third kappa shape index (κ3) is 6.26. The lowest BCUT2D eigenvalue weighted by Gasteiger charge is -2.16. The van der Waals surface area contributed by atoms with Gasteiger partial charge in [-0.15, -0.1) is 0 Å². The first-order chi connectivity index (χ1) is 7.99. The summed E-state index contributed by atoms with van der Waals surface area (Å²) in [4.78, 5) is 22.4. The van der Waals surface area contributed by atoms with Gasteiger partial charge in [-0.2, -0.15) is 0 Å². The van der Waals surface area contributed by atoms with E-state index in [2.05, 4.69) is 10.6 Å². The Kier molecular flexibility index (Phi) is 5.41. The van der Waals surface area contributed by atoms with Crippen LogP contribution >= 0.6 is 0 Å². The van der Waals surface area contributed by atoms with Crippen LogP contribution in [0.25, 0.3) is 0 Å². The normalized spacial score (nSPS) is 16.9. The molecular formula is C12H22N2O3. The molecule has 1 saturated carbocycles. The highest BCUT2D eigenvalue weighted by atomic mass is 16.4. The van der Waals surface area contributed by atoms with Gasteiger partial charge in [0.2, 0.25) is 5.91 Å². The summed E-state index contributed by atoms with van der Waals surface area (Å²) < 4.78 is 0. The fourth-order valence-corrected chi connectivity index (χ4v) is 1.60. The molecule has 0 heterocycles. The van der Waals surface area contributed by atoms with Crippen molar-refractivity contribution in [3.63, 3.8) is 0 Å². The van der Waals surface area contributed by atoms with Gasteiger partial charge in [0, 0.05) is 6.54 Å². The van der Waals surface area contributed by atoms with Gasteiger partial charge in [0.25, 0.3) is 0 Å². The average Bonchev–Trinajstić information content (AvgIpc) is 3.04. The molecule has 1 fully saturated rings. The van der Waals surface area contributed by atoms with E-state index in [9.17, 15) is 9.59 Å². The highest BCUT2D eigenvalue weighted by Gasteiger charge is 2.22. The van der Waals surface area contributed by atoms with Crippen molar-refractivity contribution >= 4 is 11.9 Å². The summed E-state index contributed by atoms with van der Waals surface area (Å²) in [7, 11) is 0. The zero-order valence-corrected chi connectivity index (χ0v) is 10.5. The second-order valence-corrected chi connectivity index (χ2v) is 5.15. The number of aliphatic carboxylic acids is 1. The minimum atomic E-state index is -0.895. The lowest BCUT2D eigenvalue weighted by molar-refractivity contribution is -0.140. The Balaban J connectivity index is 2.19. The van der Waals surface area contributed by atoms with Crippen molar-refractivity contribution in [2.75, 3.05) is 13.1 Å². The van der Waals surface area contributed by atoms with Crippen LogP contribution in [0.1, 0.15) is 33.1 Å². The first-order valence-electron chi connectivity index (χ1n) is 6.22. The molecule has 1 unspecified atom stereocenters. The van der Waals surface area contributed by atoms with E-state index in [1.807, 2.05) is 13.8 Å². The molecule has 0 aromatic carbocycles. The third-order valence-electron chi connectivity index (χ3n) is 2.80. The van der Waals surface area contributed by atoms with Crippen molar-refractivity contribution in [2.45, 2.75) is 39.2 Å². The Morgan fingerprint density at radius 1 is 1.35 bits per heavy atom. The molecule has 5 heteroatoms. The van der Waals surface area contributed by atoms with Crippen LogP contribution in [0.15, 0.2) is 0 Å². The first-order valence-corrected chi connectivity index (χ1v) is 6.22. The molecule has 0 aromatic heterocycles. The Hall–Kier alpha value is -1.10. The standard InChI is InChI=1S/C12H22N2O3/c1-8(2)5-10(12(16)17)13-7-11(15)14-6-9-3-4-9/h8-10,13H,3-7H2,1-2H3,(H,14,15)(H,16,17). The number of hydrogen-bond donors (Lipinski definition) is 3. The quantitative estimate of drug-likeness (QED) is 0.582. The van der Waals surface area contributed by atoms with E-state index in [1.165, 1.54) is 12.8 Å². The van der Waals surface area contributed by atoms with Crippen LogP contribution in [0.4, 0.5) is 0 Å². The van der Waals surface area contributed by atoms with Crippen LogP contribution < -0.4 is 10.6 Å². The van der Waals surface area contributed by atoms with Crippen molar-refractivity contribution in [2.24, 2.45) is 11.8 Å². The molecule has 1 rings (SSSR count). The summed E-state index contributed by atoms with van der Waals surface area (Å²) in [6.07, 6.45) is 2.92. The van der Waals surface area contributed by atoms with E-state index in [0.29, 0.717) is 12.3 Å². The number of nitrogens with one attached hydrogen (secondary N) is 2. The van der Waals surface area contributed by atoms with E-state index in [4.69, 9.17) is 5.11 Å². The van der Waals surface area contributed by atoms with Crippen molar-refractivity contribution < 1.29 is 14.7 Å². The molecule has 1 aliphatic carbocycles. The van der Waals surface area contributed by atoms with Gasteiger partial charge in [0.05, 0.1) is 6.54 Å². The van der Waals surface area contributed by atoms with E-state index < -0.39 is 12.0 Å². The molecule has 1 aliphatic rings. The largest absolute Gasteiger partial charge is 0.480 e. The Bertz CT molecular complexity index is 275. The van der Waals surface area contributed by atoms with Crippen molar-refractivity contribution in [3.05, 3.63) is 0 Å². The maximum absolute atomic E-state index is 11.4. The fraction of sp³-hybridized carbons (Fsp3) is 0.833. The highest BCUT2D eigenvalue weighted by Crippen LogP contribution is 2.27. The number of amides is 1. The van der Waals surface area contributed by atoms with Gasteiger partial charge in [-0.05, 0) is 31.1 Å². The predicted molar refractivity (Wildman–Crippen MR) is 64.6 cm³/mol. The summed E-state index contributed by atoms with van der Waals surface area (Å²) in [5, 5.41) is 14.5. The average molecular weight is 242 g/mol. The second-order valence-electron chi connectivity index (χ2n) is 5.15. The van der Waals surface area contributed by atoms with Gasteiger partial charge in [-0.1, -0.05) is 13.8 Å². The number of carboxylic acid groups (broad SMARTS) is 1. The van der Waals surface area contributed by atoms with Gasteiger partial charge in [-0.3, -0.25) is 14.9 Å². The summed E-state index contributed by atoms with van der Waals surface area (Å²) in [5.74, 6) is -0.0800. The minimum Gasteiger partial charge on any atom is -0.480 e. The number of carbonyl (C=O) groups excluding carboxylic acids is 1. The van der Waals surface area contributed by atoms with Crippen molar-refractivity contribution in [3.8, 4) is 0 Å². The number of rotatable bonds is 8. The molecule has 0 saturated heterocycles. The van der Waals surface area contributed by atoms with Crippen LogP contribution in [0, 0.1) is 11.8 Å². The topological polar surface area (TPSA) is 78.4 Å². The van der Waals surface area contributed by atoms with Gasteiger partial charge in [0.1, 0.15) is 6.04 Å². The van der Waals surface area contributed by atoms with Gasteiger partial charge in [-0.25, -0.2) is 0 Å². The maximum atomic E-state index is 11.4. The molecule has 1 atom stereocenters. The van der Waals surface area contributed by atoms with Crippen LogP contribution in [-0.2, 0) is 9.59 Å². The molecule has 1 amide bonds. The van der Waals surface area contributed by atoms with Crippen LogP contribution in [0.2, 0.25) is 0 Å². The van der Waals surface area contributed by atoms with E-state index in [-0.39, 0.29) is 18.4 Å². The van der Waals surface area contributed by atoms with Crippen LogP contribution in [-0.4, -0.2) is 36.1 Å². The summed E-state index contributed by atoms with van der Waals surface area (Å²) in [6.45, 7) is 4.73. The Morgan fingerprint density at radius 3 is 2.47 bits per heavy atom. The summed E-state index contributed by atoms with van der Waals surface area (Å²) >= 11 is 0. The van der Waals surface area contributed by atoms with E-state index in [0.717, 1.165) is 6.54 Å². The fourth-order valence-electron chi connectivity index (χ4n) is 1.60. The maximum Gasteiger partial charge on any atom is 0.320 e. The predicted octanol–water partition coefficient (Wildman–Crippen LogP) is 0.601. The van der Waals surface area contributed by atoms with Gasteiger partial charge >= 0.3 is 5.97 Å². The first kappa shape index (κ1) is 14.0. The molecular weight excluding hydrogens is 220 g/mol. The van der Waals surface area contributed by atoms with Gasteiger partial charge in [0.15, 0.2) is 0 Å². The third-order valence-corrected chi connectivity index (χ3v) is 2.80. The molecule has 98 valence electrons. The molecule has 0 bridgehead atoms. The van der Waals surface area contributed by atoms with E-state index >= 15 is 0 Å². The van der Waals surface area contributed by atoms with E-state index in [1.54, 1.807) is 0 Å². The zero-order chi connectivity index (χ0) is 12.8. The van der Waals surface area contributed by atoms with Crippen molar-refractivity contribution in [1.29, 1.82) is 0 Å². The monoisotopic (exact) mass is 242 g/mol.